The summed E-state index contributed by atoms with van der Waals surface area (Å²) in [6.07, 6.45) is 6.16. The molecule has 5 nitrogen and oxygen atoms in total. The molecule has 0 bridgehead atoms. The van der Waals surface area contributed by atoms with Crippen molar-refractivity contribution in [3.05, 3.63) is 77.9 Å². The highest BCUT2D eigenvalue weighted by atomic mass is 32.1. The minimum atomic E-state index is 0.280. The Morgan fingerprint density at radius 2 is 1.65 bits per heavy atom. The molecule has 40 heavy (non-hydrogen) atoms. The topological polar surface area (TPSA) is 45.2 Å². The Hall–Kier alpha value is -3.06. The van der Waals surface area contributed by atoms with Crippen molar-refractivity contribution in [3.8, 4) is 27.7 Å². The van der Waals surface area contributed by atoms with Crippen molar-refractivity contribution >= 4 is 21.4 Å². The van der Waals surface area contributed by atoms with E-state index < -0.39 is 0 Å². The van der Waals surface area contributed by atoms with Gasteiger partial charge in [0.1, 0.15) is 30.0 Å². The van der Waals surface area contributed by atoms with Crippen LogP contribution in [0.2, 0.25) is 0 Å². The highest BCUT2D eigenvalue weighted by Gasteiger charge is 2.22. The van der Waals surface area contributed by atoms with Crippen LogP contribution >= 0.6 is 11.3 Å². The number of benzene rings is 3. The second-order valence-electron chi connectivity index (χ2n) is 11.1. The largest absolute Gasteiger partial charge is 0.508 e. The van der Waals surface area contributed by atoms with E-state index in [4.69, 9.17) is 9.47 Å². The van der Waals surface area contributed by atoms with Crippen molar-refractivity contribution in [3.63, 3.8) is 0 Å². The van der Waals surface area contributed by atoms with Crippen LogP contribution in [0, 0.1) is 0 Å². The van der Waals surface area contributed by atoms with Crippen LogP contribution in [0.5, 0.6) is 17.2 Å². The van der Waals surface area contributed by atoms with E-state index in [0.29, 0.717) is 5.75 Å². The van der Waals surface area contributed by atoms with Crippen molar-refractivity contribution in [1.29, 1.82) is 0 Å². The number of rotatable bonds is 10. The molecule has 2 saturated heterocycles. The van der Waals surface area contributed by atoms with Crippen LogP contribution < -0.4 is 9.47 Å². The molecule has 4 aromatic rings. The average molecular weight is 557 g/mol. The van der Waals surface area contributed by atoms with Crippen molar-refractivity contribution in [2.45, 2.75) is 45.1 Å². The van der Waals surface area contributed by atoms with E-state index in [-0.39, 0.29) is 6.10 Å². The zero-order chi connectivity index (χ0) is 27.3. The molecule has 0 amide bonds. The van der Waals surface area contributed by atoms with Gasteiger partial charge >= 0.3 is 0 Å². The van der Waals surface area contributed by atoms with Crippen molar-refractivity contribution < 1.29 is 14.6 Å². The molecule has 1 atom stereocenters. The van der Waals surface area contributed by atoms with E-state index in [1.165, 1.54) is 59.3 Å². The Bertz CT molecular complexity index is 1390. The third-order valence-electron chi connectivity index (χ3n) is 8.30. The summed E-state index contributed by atoms with van der Waals surface area (Å²) in [5.41, 5.74) is 3.73. The van der Waals surface area contributed by atoms with Crippen molar-refractivity contribution in [2.24, 2.45) is 0 Å². The second kappa shape index (κ2) is 12.6. The summed E-state index contributed by atoms with van der Waals surface area (Å²) in [6.45, 7) is 9.53. The highest BCUT2D eigenvalue weighted by molar-refractivity contribution is 7.22. The average Bonchev–Trinajstić information content (AvgIpc) is 3.59. The molecule has 2 aliphatic rings. The first kappa shape index (κ1) is 27.1. The van der Waals surface area contributed by atoms with Gasteiger partial charge in [-0.15, -0.1) is 11.3 Å². The number of piperidine rings is 1. The van der Waals surface area contributed by atoms with Gasteiger partial charge in [-0.25, -0.2) is 0 Å². The van der Waals surface area contributed by atoms with Crippen LogP contribution in [0.15, 0.2) is 66.7 Å². The van der Waals surface area contributed by atoms with Gasteiger partial charge < -0.3 is 14.6 Å². The summed E-state index contributed by atoms with van der Waals surface area (Å²) in [6, 6.07) is 22.8. The molecular formula is C34H40N2O3S. The first-order chi connectivity index (χ1) is 19.6. The number of hydrogen-bond donors (Lipinski definition) is 1. The standard InChI is InChI=1S/C34H40N2O3S/c1-2-35-19-16-30(24-35)39-29-11-6-25(7-12-29)22-32-31-15-10-27(37)23-33(31)40-34(32)26-8-13-28(14-9-26)38-21-20-36-17-4-3-5-18-36/h6-15,23,30,37H,2-5,16-22,24H2,1H3. The van der Waals surface area contributed by atoms with E-state index >= 15 is 0 Å². The van der Waals surface area contributed by atoms with Crippen LogP contribution in [0.25, 0.3) is 20.5 Å². The fourth-order valence-corrected chi connectivity index (χ4v) is 7.25. The predicted molar refractivity (Wildman–Crippen MR) is 165 cm³/mol. The maximum atomic E-state index is 10.2. The summed E-state index contributed by atoms with van der Waals surface area (Å²) in [7, 11) is 0. The van der Waals surface area contributed by atoms with Crippen molar-refractivity contribution in [2.75, 3.05) is 45.9 Å². The fourth-order valence-electron chi connectivity index (χ4n) is 5.99. The van der Waals surface area contributed by atoms with E-state index in [0.717, 1.165) is 61.8 Å². The summed E-state index contributed by atoms with van der Waals surface area (Å²) in [5, 5.41) is 11.4. The number of ether oxygens (including phenoxy) is 2. The van der Waals surface area contributed by atoms with Gasteiger partial charge in [-0.2, -0.15) is 0 Å². The molecule has 3 heterocycles. The summed E-state index contributed by atoms with van der Waals surface area (Å²) in [4.78, 5) is 6.18. The molecule has 2 fully saturated rings. The number of likely N-dealkylation sites (tertiary alicyclic amines) is 2. The molecule has 0 saturated carbocycles. The Balaban J connectivity index is 1.17. The molecule has 0 spiro atoms. The molecule has 6 heteroatoms. The van der Waals surface area contributed by atoms with Crippen LogP contribution in [-0.4, -0.2) is 66.9 Å². The summed E-state index contributed by atoms with van der Waals surface area (Å²) >= 11 is 1.74. The number of thiophene rings is 1. The van der Waals surface area contributed by atoms with Gasteiger partial charge in [-0.05, 0) is 122 Å². The number of aromatic hydroxyl groups is 1. The first-order valence-corrected chi connectivity index (χ1v) is 15.6. The lowest BCUT2D eigenvalue weighted by molar-refractivity contribution is 0.183. The molecule has 6 rings (SSSR count). The Labute approximate surface area is 242 Å². The normalized spacial score (nSPS) is 18.4. The number of nitrogens with zero attached hydrogens (tertiary/aromatic N) is 2. The van der Waals surface area contributed by atoms with E-state index in [1.54, 1.807) is 17.4 Å². The maximum Gasteiger partial charge on any atom is 0.119 e. The zero-order valence-corrected chi connectivity index (χ0v) is 24.3. The molecule has 3 aromatic carbocycles. The third-order valence-corrected chi connectivity index (χ3v) is 9.55. The third kappa shape index (κ3) is 6.46. The van der Waals surface area contributed by atoms with Gasteiger partial charge in [0.05, 0.1) is 0 Å². The summed E-state index contributed by atoms with van der Waals surface area (Å²) < 4.78 is 13.5. The maximum absolute atomic E-state index is 10.2. The van der Waals surface area contributed by atoms with Gasteiger partial charge in [0.2, 0.25) is 0 Å². The monoisotopic (exact) mass is 556 g/mol. The molecule has 1 aromatic heterocycles. The Morgan fingerprint density at radius 1 is 0.875 bits per heavy atom. The molecule has 2 aliphatic heterocycles. The van der Waals surface area contributed by atoms with Crippen LogP contribution in [0.1, 0.15) is 43.7 Å². The lowest BCUT2D eigenvalue weighted by Crippen LogP contribution is -2.33. The second-order valence-corrected chi connectivity index (χ2v) is 12.2. The molecule has 0 aliphatic carbocycles. The summed E-state index contributed by atoms with van der Waals surface area (Å²) in [5.74, 6) is 2.17. The molecule has 1 N–H and O–H groups in total. The number of phenolic OH excluding ortho intramolecular Hbond substituents is 1. The molecule has 1 unspecified atom stereocenters. The molecule has 0 radical (unpaired) electrons. The smallest absolute Gasteiger partial charge is 0.119 e. The van der Waals surface area contributed by atoms with Gasteiger partial charge in [0.15, 0.2) is 0 Å². The van der Waals surface area contributed by atoms with Gasteiger partial charge in [0, 0.05) is 29.2 Å². The Kier molecular flexibility index (Phi) is 8.57. The van der Waals surface area contributed by atoms with Crippen LogP contribution in [-0.2, 0) is 6.42 Å². The highest BCUT2D eigenvalue weighted by Crippen LogP contribution is 2.41. The lowest BCUT2D eigenvalue weighted by atomic mass is 9.99. The predicted octanol–water partition coefficient (Wildman–Crippen LogP) is 7.20. The quantitative estimate of drug-likeness (QED) is 0.224. The van der Waals surface area contributed by atoms with Crippen LogP contribution in [0.4, 0.5) is 0 Å². The fraction of sp³-hybridized carbons (Fsp3) is 0.412. The number of phenols is 1. The van der Waals surface area contributed by atoms with E-state index in [9.17, 15) is 5.11 Å². The van der Waals surface area contributed by atoms with E-state index in [1.807, 2.05) is 6.07 Å². The van der Waals surface area contributed by atoms with Crippen molar-refractivity contribution in [1.82, 2.24) is 9.80 Å². The van der Waals surface area contributed by atoms with Gasteiger partial charge in [-0.1, -0.05) is 25.5 Å². The SMILES string of the molecule is CCN1CCC(Oc2ccc(Cc3c(-c4ccc(OCCN5CCCCC5)cc4)sc4cc(O)ccc34)cc2)C1. The Morgan fingerprint density at radius 3 is 2.40 bits per heavy atom. The minimum absolute atomic E-state index is 0.280. The number of fused-ring (bicyclic) bond motifs is 1. The van der Waals surface area contributed by atoms with E-state index in [2.05, 4.69) is 71.3 Å². The number of hydrogen-bond acceptors (Lipinski definition) is 6. The van der Waals surface area contributed by atoms with Gasteiger partial charge in [0.25, 0.3) is 0 Å². The molecular weight excluding hydrogens is 516 g/mol. The first-order valence-electron chi connectivity index (χ1n) is 14.8. The lowest BCUT2D eigenvalue weighted by Gasteiger charge is -2.26. The number of likely N-dealkylation sites (N-methyl/N-ethyl adjacent to an activating group) is 1. The van der Waals surface area contributed by atoms with Crippen LogP contribution in [0.3, 0.4) is 0 Å². The molecule has 210 valence electrons. The minimum Gasteiger partial charge on any atom is -0.508 e. The van der Waals surface area contributed by atoms with Gasteiger partial charge in [-0.3, -0.25) is 9.80 Å². The zero-order valence-electron chi connectivity index (χ0n) is 23.5.